The SMILES string of the molecule is O=C(O)Cc1cnc(NC(=O)CC2CC2(Br)Br)s1. The molecule has 18 heavy (non-hydrogen) atoms. The first-order valence-electron chi connectivity index (χ1n) is 5.21. The molecule has 0 radical (unpaired) electrons. The fraction of sp³-hybridized carbons (Fsp3) is 0.500. The number of hydrogen-bond donors (Lipinski definition) is 2. The number of hydrogen-bond acceptors (Lipinski definition) is 4. The molecule has 0 aromatic carbocycles. The number of amides is 1. The predicted octanol–water partition coefficient (Wildman–Crippen LogP) is 2.60. The number of alkyl halides is 2. The van der Waals surface area contributed by atoms with E-state index in [1.165, 1.54) is 17.5 Å². The van der Waals surface area contributed by atoms with Gasteiger partial charge in [0.05, 0.1) is 9.65 Å². The van der Waals surface area contributed by atoms with Gasteiger partial charge in [0.1, 0.15) is 0 Å². The van der Waals surface area contributed by atoms with Gasteiger partial charge in [0.2, 0.25) is 5.91 Å². The van der Waals surface area contributed by atoms with Crippen molar-refractivity contribution in [3.05, 3.63) is 11.1 Å². The maximum atomic E-state index is 11.7. The molecule has 1 aromatic rings. The van der Waals surface area contributed by atoms with Gasteiger partial charge >= 0.3 is 5.97 Å². The summed E-state index contributed by atoms with van der Waals surface area (Å²) in [6, 6.07) is 0. The van der Waals surface area contributed by atoms with Crippen molar-refractivity contribution in [2.75, 3.05) is 5.32 Å². The number of carboxylic acid groups (broad SMARTS) is 1. The quantitative estimate of drug-likeness (QED) is 0.748. The van der Waals surface area contributed by atoms with Gasteiger partial charge in [0.15, 0.2) is 5.13 Å². The molecule has 0 aliphatic heterocycles. The lowest BCUT2D eigenvalue weighted by Crippen LogP contribution is -2.12. The van der Waals surface area contributed by atoms with E-state index in [4.69, 9.17) is 5.11 Å². The van der Waals surface area contributed by atoms with Gasteiger partial charge < -0.3 is 10.4 Å². The number of carboxylic acids is 1. The zero-order chi connectivity index (χ0) is 13.3. The Kier molecular flexibility index (Phi) is 4.08. The van der Waals surface area contributed by atoms with Crippen molar-refractivity contribution in [2.24, 2.45) is 5.92 Å². The zero-order valence-electron chi connectivity index (χ0n) is 9.15. The minimum Gasteiger partial charge on any atom is -0.481 e. The summed E-state index contributed by atoms with van der Waals surface area (Å²) in [6.07, 6.45) is 2.75. The Morgan fingerprint density at radius 1 is 1.61 bits per heavy atom. The normalized spacial score (nSPS) is 20.4. The molecule has 0 spiro atoms. The van der Waals surface area contributed by atoms with Crippen LogP contribution in [0.5, 0.6) is 0 Å². The highest BCUT2D eigenvalue weighted by atomic mass is 79.9. The molecule has 0 bridgehead atoms. The van der Waals surface area contributed by atoms with Crippen molar-refractivity contribution in [1.82, 2.24) is 4.98 Å². The van der Waals surface area contributed by atoms with Gasteiger partial charge in [0.25, 0.3) is 0 Å². The number of halogens is 2. The molecule has 1 atom stereocenters. The minimum absolute atomic E-state index is 0.0674. The molecule has 1 fully saturated rings. The second-order valence-corrected chi connectivity index (χ2v) is 9.13. The Morgan fingerprint density at radius 3 is 2.83 bits per heavy atom. The van der Waals surface area contributed by atoms with Crippen molar-refractivity contribution >= 4 is 60.2 Å². The van der Waals surface area contributed by atoms with Crippen LogP contribution in [0, 0.1) is 5.92 Å². The van der Waals surface area contributed by atoms with Crippen molar-refractivity contribution in [3.63, 3.8) is 0 Å². The second-order valence-electron chi connectivity index (χ2n) is 4.12. The monoisotopic (exact) mass is 396 g/mol. The van der Waals surface area contributed by atoms with E-state index in [2.05, 4.69) is 42.2 Å². The molecular weight excluding hydrogens is 388 g/mol. The van der Waals surface area contributed by atoms with E-state index in [0.717, 1.165) is 6.42 Å². The summed E-state index contributed by atoms with van der Waals surface area (Å²) < 4.78 is -0.0886. The van der Waals surface area contributed by atoms with Crippen LogP contribution >= 0.6 is 43.2 Å². The van der Waals surface area contributed by atoms with Crippen LogP contribution in [0.2, 0.25) is 0 Å². The molecule has 1 aliphatic rings. The molecule has 1 amide bonds. The van der Waals surface area contributed by atoms with Crippen LogP contribution in [0.25, 0.3) is 0 Å². The Bertz CT molecular complexity index is 489. The Labute approximate surface area is 124 Å². The fourth-order valence-corrected chi connectivity index (χ4v) is 3.41. The predicted molar refractivity (Wildman–Crippen MR) is 75.4 cm³/mol. The van der Waals surface area contributed by atoms with E-state index >= 15 is 0 Å². The average molecular weight is 398 g/mol. The van der Waals surface area contributed by atoms with Gasteiger partial charge in [-0.05, 0) is 12.3 Å². The molecule has 2 N–H and O–H groups in total. The number of nitrogens with one attached hydrogen (secondary N) is 1. The fourth-order valence-electron chi connectivity index (χ4n) is 1.48. The van der Waals surface area contributed by atoms with Crippen LogP contribution in [0.15, 0.2) is 6.20 Å². The molecule has 2 rings (SSSR count). The number of thiazole rings is 1. The van der Waals surface area contributed by atoms with Crippen LogP contribution in [-0.2, 0) is 16.0 Å². The highest BCUT2D eigenvalue weighted by Gasteiger charge is 2.50. The van der Waals surface area contributed by atoms with Gasteiger partial charge in [-0.25, -0.2) is 4.98 Å². The topological polar surface area (TPSA) is 79.3 Å². The first-order valence-corrected chi connectivity index (χ1v) is 7.61. The molecule has 98 valence electrons. The number of carbonyl (C=O) groups excluding carboxylic acids is 1. The summed E-state index contributed by atoms with van der Waals surface area (Å²) in [5.41, 5.74) is 0. The van der Waals surface area contributed by atoms with E-state index in [1.807, 2.05) is 0 Å². The largest absolute Gasteiger partial charge is 0.481 e. The lowest BCUT2D eigenvalue weighted by atomic mass is 10.3. The van der Waals surface area contributed by atoms with Crippen molar-refractivity contribution in [3.8, 4) is 0 Å². The number of aromatic nitrogens is 1. The summed E-state index contributed by atoms with van der Waals surface area (Å²) in [5.74, 6) is -0.717. The number of carbonyl (C=O) groups is 2. The third kappa shape index (κ3) is 3.76. The Morgan fingerprint density at radius 2 is 2.28 bits per heavy atom. The van der Waals surface area contributed by atoms with Crippen LogP contribution in [0.4, 0.5) is 5.13 Å². The summed E-state index contributed by atoms with van der Waals surface area (Å²) in [7, 11) is 0. The van der Waals surface area contributed by atoms with E-state index in [0.29, 0.717) is 16.4 Å². The Hall–Kier alpha value is -0.470. The number of aliphatic carboxylic acids is 1. The van der Waals surface area contributed by atoms with Crippen molar-refractivity contribution in [2.45, 2.75) is 22.5 Å². The molecule has 1 heterocycles. The number of nitrogens with zero attached hydrogens (tertiary/aromatic N) is 1. The van der Waals surface area contributed by atoms with Crippen molar-refractivity contribution in [1.29, 1.82) is 0 Å². The van der Waals surface area contributed by atoms with Crippen LogP contribution < -0.4 is 5.32 Å². The maximum absolute atomic E-state index is 11.7. The van der Waals surface area contributed by atoms with Gasteiger partial charge in [-0.2, -0.15) is 0 Å². The zero-order valence-corrected chi connectivity index (χ0v) is 13.1. The van der Waals surface area contributed by atoms with E-state index in [9.17, 15) is 9.59 Å². The smallest absolute Gasteiger partial charge is 0.308 e. The van der Waals surface area contributed by atoms with Gasteiger partial charge in [-0.3, -0.25) is 9.59 Å². The lowest BCUT2D eigenvalue weighted by molar-refractivity contribution is -0.136. The standard InChI is InChI=1S/C10H10Br2N2O3S/c11-10(12)3-5(10)1-7(15)14-9-13-4-6(18-9)2-8(16)17/h4-5H,1-3H2,(H,16,17)(H,13,14,15). The van der Waals surface area contributed by atoms with Crippen molar-refractivity contribution < 1.29 is 14.7 Å². The lowest BCUT2D eigenvalue weighted by Gasteiger charge is -2.01. The molecule has 1 aliphatic carbocycles. The molecule has 8 heteroatoms. The van der Waals surface area contributed by atoms with E-state index < -0.39 is 5.97 Å². The first kappa shape index (κ1) is 14.0. The molecule has 1 unspecified atom stereocenters. The van der Waals surface area contributed by atoms with Crippen LogP contribution in [0.1, 0.15) is 17.7 Å². The van der Waals surface area contributed by atoms with Gasteiger partial charge in [0, 0.05) is 17.5 Å². The highest BCUT2D eigenvalue weighted by molar-refractivity contribution is 9.25. The number of rotatable bonds is 5. The van der Waals surface area contributed by atoms with Gasteiger partial charge in [-0.1, -0.05) is 31.9 Å². The summed E-state index contributed by atoms with van der Waals surface area (Å²) in [4.78, 5) is 26.8. The number of anilines is 1. The van der Waals surface area contributed by atoms with Crippen LogP contribution in [0.3, 0.4) is 0 Å². The second kappa shape index (κ2) is 5.26. The molecule has 1 aromatic heterocycles. The highest BCUT2D eigenvalue weighted by Crippen LogP contribution is 2.57. The molecule has 1 saturated carbocycles. The Balaban J connectivity index is 1.84. The molecular formula is C10H10Br2N2O3S. The van der Waals surface area contributed by atoms with E-state index in [1.54, 1.807) is 0 Å². The third-order valence-electron chi connectivity index (χ3n) is 2.51. The molecule has 0 saturated heterocycles. The first-order chi connectivity index (χ1) is 8.37. The van der Waals surface area contributed by atoms with Crippen LogP contribution in [-0.4, -0.2) is 25.2 Å². The third-order valence-corrected chi connectivity index (χ3v) is 5.37. The summed E-state index contributed by atoms with van der Waals surface area (Å²) in [6.45, 7) is 0. The summed E-state index contributed by atoms with van der Waals surface area (Å²) >= 11 is 8.10. The van der Waals surface area contributed by atoms with E-state index in [-0.39, 0.29) is 21.5 Å². The molecule has 5 nitrogen and oxygen atoms in total. The summed E-state index contributed by atoms with van der Waals surface area (Å²) in [5, 5.41) is 11.8. The minimum atomic E-state index is -0.905. The maximum Gasteiger partial charge on any atom is 0.308 e. The average Bonchev–Trinajstić information content (AvgIpc) is 2.64. The van der Waals surface area contributed by atoms with Gasteiger partial charge in [-0.15, -0.1) is 11.3 Å².